The molecule has 0 radical (unpaired) electrons. The van der Waals surface area contributed by atoms with E-state index in [-0.39, 0.29) is 23.3 Å². The molecule has 18 heavy (non-hydrogen) atoms. The van der Waals surface area contributed by atoms with Gasteiger partial charge in [0.2, 0.25) is 0 Å². The van der Waals surface area contributed by atoms with Gasteiger partial charge in [0.05, 0.1) is 5.56 Å². The SMILES string of the molecule is C=CC(C)NC(=O)c1ccc2ccccc2c1O. The molecule has 0 aliphatic heterocycles. The van der Waals surface area contributed by atoms with Crippen molar-refractivity contribution in [1.29, 1.82) is 0 Å². The second kappa shape index (κ2) is 4.92. The number of aromatic hydroxyl groups is 1. The molecule has 2 rings (SSSR count). The fourth-order valence-electron chi connectivity index (χ4n) is 1.78. The summed E-state index contributed by atoms with van der Waals surface area (Å²) in [6, 6.07) is 10.7. The van der Waals surface area contributed by atoms with Crippen LogP contribution in [0.5, 0.6) is 5.75 Å². The van der Waals surface area contributed by atoms with Gasteiger partial charge in [0.1, 0.15) is 5.75 Å². The van der Waals surface area contributed by atoms with E-state index in [1.54, 1.807) is 18.2 Å². The van der Waals surface area contributed by atoms with Crippen molar-refractivity contribution in [2.24, 2.45) is 0 Å². The Morgan fingerprint density at radius 2 is 2.06 bits per heavy atom. The molecule has 1 unspecified atom stereocenters. The normalized spacial score (nSPS) is 12.1. The first-order valence-corrected chi connectivity index (χ1v) is 5.77. The average molecular weight is 241 g/mol. The summed E-state index contributed by atoms with van der Waals surface area (Å²) in [4.78, 5) is 12.0. The Labute approximate surface area is 106 Å². The van der Waals surface area contributed by atoms with Crippen LogP contribution in [-0.2, 0) is 0 Å². The zero-order chi connectivity index (χ0) is 13.1. The van der Waals surface area contributed by atoms with Crippen LogP contribution in [0.3, 0.4) is 0 Å². The van der Waals surface area contributed by atoms with E-state index in [1.807, 2.05) is 31.2 Å². The van der Waals surface area contributed by atoms with Crippen molar-refractivity contribution in [3.05, 3.63) is 54.6 Å². The summed E-state index contributed by atoms with van der Waals surface area (Å²) >= 11 is 0. The Balaban J connectivity index is 2.43. The van der Waals surface area contributed by atoms with Crippen LogP contribution in [0.1, 0.15) is 17.3 Å². The molecule has 0 heterocycles. The fraction of sp³-hybridized carbons (Fsp3) is 0.133. The van der Waals surface area contributed by atoms with Gasteiger partial charge in [-0.05, 0) is 18.4 Å². The minimum absolute atomic E-state index is 0.0156. The summed E-state index contributed by atoms with van der Waals surface area (Å²) in [5, 5.41) is 14.4. The average Bonchev–Trinajstić information content (AvgIpc) is 2.39. The van der Waals surface area contributed by atoms with E-state index in [0.29, 0.717) is 5.39 Å². The van der Waals surface area contributed by atoms with E-state index in [1.165, 1.54) is 0 Å². The molecule has 2 aromatic rings. The first-order valence-electron chi connectivity index (χ1n) is 5.77. The maximum absolute atomic E-state index is 12.0. The molecule has 0 aromatic heterocycles. The van der Waals surface area contributed by atoms with Gasteiger partial charge in [-0.3, -0.25) is 4.79 Å². The van der Waals surface area contributed by atoms with Crippen molar-refractivity contribution < 1.29 is 9.90 Å². The zero-order valence-corrected chi connectivity index (χ0v) is 10.2. The molecule has 0 aliphatic carbocycles. The van der Waals surface area contributed by atoms with Gasteiger partial charge in [-0.2, -0.15) is 0 Å². The zero-order valence-electron chi connectivity index (χ0n) is 10.2. The highest BCUT2D eigenvalue weighted by Gasteiger charge is 2.14. The molecule has 2 aromatic carbocycles. The van der Waals surface area contributed by atoms with Crippen molar-refractivity contribution >= 4 is 16.7 Å². The lowest BCUT2D eigenvalue weighted by atomic mass is 10.0. The van der Waals surface area contributed by atoms with Gasteiger partial charge in [-0.25, -0.2) is 0 Å². The maximum Gasteiger partial charge on any atom is 0.255 e. The van der Waals surface area contributed by atoms with Crippen LogP contribution in [0, 0.1) is 0 Å². The summed E-state index contributed by atoms with van der Waals surface area (Å²) in [6.07, 6.45) is 1.63. The highest BCUT2D eigenvalue weighted by molar-refractivity contribution is 6.03. The van der Waals surface area contributed by atoms with Gasteiger partial charge >= 0.3 is 0 Å². The number of fused-ring (bicyclic) bond motifs is 1. The Morgan fingerprint density at radius 3 is 2.78 bits per heavy atom. The Morgan fingerprint density at radius 1 is 1.33 bits per heavy atom. The minimum Gasteiger partial charge on any atom is -0.506 e. The molecular weight excluding hydrogens is 226 g/mol. The Kier molecular flexibility index (Phi) is 3.33. The van der Waals surface area contributed by atoms with E-state index >= 15 is 0 Å². The van der Waals surface area contributed by atoms with E-state index in [2.05, 4.69) is 11.9 Å². The van der Waals surface area contributed by atoms with Gasteiger partial charge < -0.3 is 10.4 Å². The van der Waals surface area contributed by atoms with Gasteiger partial charge in [-0.15, -0.1) is 6.58 Å². The second-order valence-corrected chi connectivity index (χ2v) is 4.18. The number of phenolic OH excluding ortho intramolecular Hbond substituents is 1. The van der Waals surface area contributed by atoms with E-state index < -0.39 is 0 Å². The minimum atomic E-state index is -0.300. The van der Waals surface area contributed by atoms with Crippen molar-refractivity contribution in [3.63, 3.8) is 0 Å². The van der Waals surface area contributed by atoms with Crippen LogP contribution < -0.4 is 5.32 Å². The van der Waals surface area contributed by atoms with E-state index in [0.717, 1.165) is 5.39 Å². The topological polar surface area (TPSA) is 49.3 Å². The van der Waals surface area contributed by atoms with Crippen molar-refractivity contribution in [1.82, 2.24) is 5.32 Å². The third-order valence-corrected chi connectivity index (χ3v) is 2.86. The first-order chi connectivity index (χ1) is 8.63. The quantitative estimate of drug-likeness (QED) is 0.812. The summed E-state index contributed by atoms with van der Waals surface area (Å²) < 4.78 is 0. The molecule has 2 N–H and O–H groups in total. The molecule has 1 amide bonds. The summed E-state index contributed by atoms with van der Waals surface area (Å²) in [7, 11) is 0. The number of rotatable bonds is 3. The number of carbonyl (C=O) groups is 1. The molecule has 0 saturated heterocycles. The third kappa shape index (κ3) is 2.20. The summed E-state index contributed by atoms with van der Waals surface area (Å²) in [6.45, 7) is 5.42. The van der Waals surface area contributed by atoms with Gasteiger partial charge in [-0.1, -0.05) is 36.4 Å². The third-order valence-electron chi connectivity index (χ3n) is 2.86. The molecule has 3 nitrogen and oxygen atoms in total. The standard InChI is InChI=1S/C15H15NO2/c1-3-10(2)16-15(18)13-9-8-11-6-4-5-7-12(11)14(13)17/h3-10,17H,1H2,2H3,(H,16,18). The molecule has 3 heteroatoms. The number of phenols is 1. The molecule has 0 fully saturated rings. The molecule has 0 saturated carbocycles. The van der Waals surface area contributed by atoms with Crippen LogP contribution in [0.25, 0.3) is 10.8 Å². The number of benzene rings is 2. The van der Waals surface area contributed by atoms with Gasteiger partial charge in [0.15, 0.2) is 0 Å². The van der Waals surface area contributed by atoms with Crippen molar-refractivity contribution in [3.8, 4) is 5.75 Å². The highest BCUT2D eigenvalue weighted by Crippen LogP contribution is 2.28. The fourth-order valence-corrected chi connectivity index (χ4v) is 1.78. The lowest BCUT2D eigenvalue weighted by Gasteiger charge is -2.11. The molecule has 1 atom stereocenters. The maximum atomic E-state index is 12.0. The molecule has 0 aliphatic rings. The molecule has 92 valence electrons. The lowest BCUT2D eigenvalue weighted by molar-refractivity contribution is 0.0944. The largest absolute Gasteiger partial charge is 0.506 e. The van der Waals surface area contributed by atoms with Crippen LogP contribution in [-0.4, -0.2) is 17.1 Å². The smallest absolute Gasteiger partial charge is 0.255 e. The monoisotopic (exact) mass is 241 g/mol. The van der Waals surface area contributed by atoms with Gasteiger partial charge in [0.25, 0.3) is 5.91 Å². The number of hydrogen-bond acceptors (Lipinski definition) is 2. The number of nitrogens with one attached hydrogen (secondary N) is 1. The van der Waals surface area contributed by atoms with Crippen LogP contribution >= 0.6 is 0 Å². The van der Waals surface area contributed by atoms with Crippen LogP contribution in [0.4, 0.5) is 0 Å². The number of hydrogen-bond donors (Lipinski definition) is 2. The summed E-state index contributed by atoms with van der Waals surface area (Å²) in [5.74, 6) is -0.285. The Hall–Kier alpha value is -2.29. The first kappa shape index (κ1) is 12.2. The number of carbonyl (C=O) groups excluding carboxylic acids is 1. The van der Waals surface area contributed by atoms with E-state index in [4.69, 9.17) is 0 Å². The molecule has 0 spiro atoms. The lowest BCUT2D eigenvalue weighted by Crippen LogP contribution is -2.30. The second-order valence-electron chi connectivity index (χ2n) is 4.18. The van der Waals surface area contributed by atoms with Crippen molar-refractivity contribution in [2.75, 3.05) is 0 Å². The number of amides is 1. The Bertz CT molecular complexity index is 604. The van der Waals surface area contributed by atoms with Crippen LogP contribution in [0.15, 0.2) is 49.1 Å². The van der Waals surface area contributed by atoms with Crippen LogP contribution in [0.2, 0.25) is 0 Å². The molecule has 0 bridgehead atoms. The predicted molar refractivity (Wildman–Crippen MR) is 72.7 cm³/mol. The summed E-state index contributed by atoms with van der Waals surface area (Å²) in [5.41, 5.74) is 0.280. The van der Waals surface area contributed by atoms with E-state index in [9.17, 15) is 9.90 Å². The van der Waals surface area contributed by atoms with Gasteiger partial charge in [0, 0.05) is 11.4 Å². The highest BCUT2D eigenvalue weighted by atomic mass is 16.3. The van der Waals surface area contributed by atoms with Crippen molar-refractivity contribution in [2.45, 2.75) is 13.0 Å². The molecular formula is C15H15NO2. The predicted octanol–water partition coefficient (Wildman–Crippen LogP) is 2.85.